The van der Waals surface area contributed by atoms with Crippen LogP contribution >= 0.6 is 24.0 Å². The lowest BCUT2D eigenvalue weighted by molar-refractivity contribution is 0.282. The summed E-state index contributed by atoms with van der Waals surface area (Å²) in [6.45, 7) is 5.33. The van der Waals surface area contributed by atoms with Crippen molar-refractivity contribution in [1.82, 2.24) is 15.5 Å². The monoisotopic (exact) mass is 534 g/mol. The lowest BCUT2D eigenvalue weighted by atomic mass is 10.1. The van der Waals surface area contributed by atoms with E-state index in [2.05, 4.69) is 20.5 Å². The topological polar surface area (TPSA) is 67.4 Å². The summed E-state index contributed by atoms with van der Waals surface area (Å²) in [7, 11) is 6.71. The van der Waals surface area contributed by atoms with Gasteiger partial charge in [0.25, 0.3) is 0 Å². The van der Waals surface area contributed by atoms with E-state index in [4.69, 9.17) is 14.2 Å². The maximum atomic E-state index is 5.56. The molecule has 0 aromatic heterocycles. The number of hydrogen-bond acceptors (Lipinski definition) is 5. The maximum absolute atomic E-state index is 5.56. The molecule has 0 amide bonds. The van der Waals surface area contributed by atoms with Crippen molar-refractivity contribution >= 4 is 29.9 Å². The van der Waals surface area contributed by atoms with E-state index in [9.17, 15) is 0 Å². The van der Waals surface area contributed by atoms with Gasteiger partial charge in [0, 0.05) is 25.7 Å². The number of methoxy groups -OCH3 is 3. The second-order valence-electron chi connectivity index (χ2n) is 7.28. The predicted molar refractivity (Wildman–Crippen MR) is 134 cm³/mol. The molecular weight excluding hydrogens is 495 g/mol. The molecule has 2 N–H and O–H groups in total. The number of aliphatic imine (C=N–C) groups is 1. The highest BCUT2D eigenvalue weighted by Crippen LogP contribution is 2.39. The first kappa shape index (κ1) is 26.6. The Morgan fingerprint density at radius 2 is 1.60 bits per heavy atom. The van der Waals surface area contributed by atoms with Gasteiger partial charge in [-0.25, -0.2) is 0 Å². The van der Waals surface area contributed by atoms with Gasteiger partial charge < -0.3 is 29.7 Å². The van der Waals surface area contributed by atoms with Gasteiger partial charge >= 0.3 is 0 Å². The molecule has 0 radical (unpaired) electrons. The smallest absolute Gasteiger partial charge is 0.203 e. The van der Waals surface area contributed by atoms with E-state index in [0.29, 0.717) is 17.2 Å². The van der Waals surface area contributed by atoms with E-state index >= 15 is 0 Å². The van der Waals surface area contributed by atoms with Crippen LogP contribution in [0.5, 0.6) is 17.2 Å². The minimum absolute atomic E-state index is 0. The van der Waals surface area contributed by atoms with Gasteiger partial charge in [-0.2, -0.15) is 0 Å². The zero-order valence-electron chi connectivity index (χ0n) is 19.0. The van der Waals surface area contributed by atoms with Crippen LogP contribution in [-0.2, 0) is 6.42 Å². The second-order valence-corrected chi connectivity index (χ2v) is 7.28. The molecule has 0 atom stereocenters. The first-order chi connectivity index (χ1) is 14.2. The zero-order chi connectivity index (χ0) is 20.9. The molecule has 30 heavy (non-hydrogen) atoms. The number of benzene rings is 1. The highest BCUT2D eigenvalue weighted by atomic mass is 127. The molecule has 0 unspecified atom stereocenters. The van der Waals surface area contributed by atoms with Crippen molar-refractivity contribution < 1.29 is 14.2 Å². The molecule has 0 bridgehead atoms. The third kappa shape index (κ3) is 8.37. The summed E-state index contributed by atoms with van der Waals surface area (Å²) in [5.74, 6) is 2.85. The Kier molecular flexibility index (Phi) is 13.7. The SMILES string of the molecule is CN=C(NCCCN1CCCCCC1)NCCc1ccc(OC)c(OC)c1OC.I. The number of likely N-dealkylation sites (tertiary alicyclic amines) is 1. The molecule has 7 nitrogen and oxygen atoms in total. The molecule has 2 rings (SSSR count). The molecule has 0 aliphatic carbocycles. The average Bonchev–Trinajstić information content (AvgIpc) is 3.03. The summed E-state index contributed by atoms with van der Waals surface area (Å²) < 4.78 is 16.4. The maximum Gasteiger partial charge on any atom is 0.203 e. The molecule has 1 aromatic carbocycles. The van der Waals surface area contributed by atoms with Gasteiger partial charge in [-0.3, -0.25) is 4.99 Å². The van der Waals surface area contributed by atoms with Gasteiger partial charge in [0.2, 0.25) is 5.75 Å². The molecule has 0 spiro atoms. The number of nitrogens with zero attached hydrogens (tertiary/aromatic N) is 2. The van der Waals surface area contributed by atoms with Crippen molar-refractivity contribution in [3.05, 3.63) is 17.7 Å². The van der Waals surface area contributed by atoms with Gasteiger partial charge in [0.1, 0.15) is 0 Å². The predicted octanol–water partition coefficient (Wildman–Crippen LogP) is 3.30. The highest BCUT2D eigenvalue weighted by molar-refractivity contribution is 14.0. The number of nitrogens with one attached hydrogen (secondary N) is 2. The Bertz CT molecular complexity index is 635. The van der Waals surface area contributed by atoms with E-state index in [1.165, 1.54) is 38.8 Å². The fraction of sp³-hybridized carbons (Fsp3) is 0.682. The Hall–Kier alpha value is -1.42. The van der Waals surface area contributed by atoms with Crippen LogP contribution in [0.3, 0.4) is 0 Å². The Morgan fingerprint density at radius 3 is 2.20 bits per heavy atom. The van der Waals surface area contributed by atoms with Crippen molar-refractivity contribution in [2.24, 2.45) is 4.99 Å². The van der Waals surface area contributed by atoms with Gasteiger partial charge in [0.15, 0.2) is 17.5 Å². The van der Waals surface area contributed by atoms with Crippen LogP contribution in [0.25, 0.3) is 0 Å². The zero-order valence-corrected chi connectivity index (χ0v) is 21.3. The first-order valence-electron chi connectivity index (χ1n) is 10.7. The Labute approximate surface area is 199 Å². The minimum Gasteiger partial charge on any atom is -0.493 e. The average molecular weight is 534 g/mol. The largest absolute Gasteiger partial charge is 0.493 e. The van der Waals surface area contributed by atoms with Crippen molar-refractivity contribution in [3.63, 3.8) is 0 Å². The normalized spacial score (nSPS) is 15.0. The summed E-state index contributed by atoms with van der Waals surface area (Å²) >= 11 is 0. The molecule has 1 aliphatic rings. The fourth-order valence-corrected chi connectivity index (χ4v) is 3.77. The minimum atomic E-state index is 0. The lowest BCUT2D eigenvalue weighted by Gasteiger charge is -2.20. The van der Waals surface area contributed by atoms with E-state index in [-0.39, 0.29) is 24.0 Å². The number of ether oxygens (including phenoxy) is 3. The van der Waals surface area contributed by atoms with E-state index in [1.807, 2.05) is 12.1 Å². The van der Waals surface area contributed by atoms with Crippen molar-refractivity contribution in [2.45, 2.75) is 38.5 Å². The summed E-state index contributed by atoms with van der Waals surface area (Å²) in [5, 5.41) is 6.80. The molecule has 1 saturated heterocycles. The van der Waals surface area contributed by atoms with Gasteiger partial charge in [-0.05, 0) is 51.4 Å². The Morgan fingerprint density at radius 1 is 0.933 bits per heavy atom. The van der Waals surface area contributed by atoms with Crippen molar-refractivity contribution in [1.29, 1.82) is 0 Å². The summed E-state index contributed by atoms with van der Waals surface area (Å²) in [6.07, 6.45) is 7.38. The molecule has 1 aliphatic heterocycles. The quantitative estimate of drug-likeness (QED) is 0.208. The lowest BCUT2D eigenvalue weighted by Crippen LogP contribution is -2.39. The third-order valence-electron chi connectivity index (χ3n) is 5.34. The van der Waals surface area contributed by atoms with Crippen molar-refractivity contribution in [2.75, 3.05) is 61.1 Å². The second kappa shape index (κ2) is 15.4. The molecule has 1 heterocycles. The molecule has 1 aromatic rings. The molecule has 0 saturated carbocycles. The van der Waals surface area contributed by atoms with Crippen LogP contribution in [0.2, 0.25) is 0 Å². The molecule has 8 heteroatoms. The third-order valence-corrected chi connectivity index (χ3v) is 5.34. The van der Waals surface area contributed by atoms with Crippen molar-refractivity contribution in [3.8, 4) is 17.2 Å². The van der Waals surface area contributed by atoms with Gasteiger partial charge in [0.05, 0.1) is 21.3 Å². The summed E-state index contributed by atoms with van der Waals surface area (Å²) in [4.78, 5) is 6.92. The molecular formula is C22H39IN4O3. The van der Waals surface area contributed by atoms with Crippen LogP contribution < -0.4 is 24.8 Å². The standard InChI is InChI=1S/C22H38N4O3.HI/c1-23-22(24-13-9-17-26-15-7-5-6-8-16-26)25-14-12-18-10-11-19(27-2)21(29-4)20(18)28-3;/h10-11H,5-9,12-17H2,1-4H3,(H2,23,24,25);1H. The highest BCUT2D eigenvalue weighted by Gasteiger charge is 2.15. The van der Waals surface area contributed by atoms with E-state index in [0.717, 1.165) is 44.0 Å². The summed E-state index contributed by atoms with van der Waals surface area (Å²) in [5.41, 5.74) is 1.06. The fourth-order valence-electron chi connectivity index (χ4n) is 3.77. The van der Waals surface area contributed by atoms with E-state index < -0.39 is 0 Å². The van der Waals surface area contributed by atoms with Crippen LogP contribution in [0.15, 0.2) is 17.1 Å². The number of guanidine groups is 1. The van der Waals surface area contributed by atoms with Crippen LogP contribution in [-0.4, -0.2) is 72.0 Å². The van der Waals surface area contributed by atoms with Crippen LogP contribution in [0, 0.1) is 0 Å². The van der Waals surface area contributed by atoms with Gasteiger partial charge in [-0.15, -0.1) is 24.0 Å². The first-order valence-corrected chi connectivity index (χ1v) is 10.7. The number of hydrogen-bond donors (Lipinski definition) is 2. The number of rotatable bonds is 10. The van der Waals surface area contributed by atoms with Crippen LogP contribution in [0.1, 0.15) is 37.7 Å². The molecule has 1 fully saturated rings. The molecule has 172 valence electrons. The summed E-state index contributed by atoms with van der Waals surface area (Å²) in [6, 6.07) is 3.92. The van der Waals surface area contributed by atoms with Crippen LogP contribution in [0.4, 0.5) is 0 Å². The number of halogens is 1. The van der Waals surface area contributed by atoms with E-state index in [1.54, 1.807) is 28.4 Å². The Balaban J connectivity index is 0.00000450. The van der Waals surface area contributed by atoms with Gasteiger partial charge in [-0.1, -0.05) is 18.9 Å².